The number of nitrogens with one attached hydrogen (secondary N) is 6. The quantitative estimate of drug-likeness (QED) is 0.220. The molecule has 41 heavy (non-hydrogen) atoms. The van der Waals surface area contributed by atoms with Crippen LogP contribution in [0.1, 0.15) is 61.9 Å². The standard InChI is InChI=1S/C27H33ClN10O3/c28-22-12-18(9-11-30-22)34-26(40)21-14-31-24-20(32-15-3-4-15)13-23(37-38(21)24)33-16-5-7-17(8-6-16)35-27(41)36-25(39)19-2-1-10-29-19/h9,11-17,19,29,32H,1-8,10H2,(H,33,37)(H,30,34,40)(H2,35,36,39,41)/t16-,17-,19-/m0/s1. The number of hydrogen-bond acceptors (Lipinski definition) is 9. The molecule has 6 rings (SSSR count). The van der Waals surface area contributed by atoms with Crippen LogP contribution < -0.4 is 31.9 Å². The maximum Gasteiger partial charge on any atom is 0.321 e. The second-order valence-electron chi connectivity index (χ2n) is 10.9. The van der Waals surface area contributed by atoms with Gasteiger partial charge in [-0.25, -0.2) is 19.3 Å². The number of hydrogen-bond donors (Lipinski definition) is 6. The topological polar surface area (TPSA) is 166 Å². The summed E-state index contributed by atoms with van der Waals surface area (Å²) in [6, 6.07) is 4.95. The number of imidazole rings is 1. The lowest BCUT2D eigenvalue weighted by Gasteiger charge is -2.30. The molecule has 0 bridgehead atoms. The molecule has 3 aromatic rings. The third-order valence-corrected chi connectivity index (χ3v) is 7.86. The second kappa shape index (κ2) is 11.9. The molecule has 0 radical (unpaired) electrons. The number of urea groups is 1. The number of carbonyl (C=O) groups excluding carboxylic acids is 3. The molecule has 0 unspecified atom stereocenters. The Morgan fingerprint density at radius 3 is 2.44 bits per heavy atom. The van der Waals surface area contributed by atoms with Gasteiger partial charge in [0.05, 0.1) is 17.9 Å². The molecule has 6 N–H and O–H groups in total. The van der Waals surface area contributed by atoms with Gasteiger partial charge in [0, 0.05) is 36.1 Å². The minimum atomic E-state index is -0.442. The van der Waals surface area contributed by atoms with E-state index in [1.807, 2.05) is 6.07 Å². The summed E-state index contributed by atoms with van der Waals surface area (Å²) in [6.45, 7) is 0.799. The number of anilines is 3. The predicted octanol–water partition coefficient (Wildman–Crippen LogP) is 2.91. The van der Waals surface area contributed by atoms with Crippen molar-refractivity contribution in [3.63, 3.8) is 0 Å². The highest BCUT2D eigenvalue weighted by Gasteiger charge is 2.28. The number of halogens is 1. The van der Waals surface area contributed by atoms with E-state index >= 15 is 0 Å². The number of aromatic nitrogens is 4. The smallest absolute Gasteiger partial charge is 0.321 e. The van der Waals surface area contributed by atoms with Crippen LogP contribution in [0.2, 0.25) is 5.15 Å². The van der Waals surface area contributed by atoms with Crippen molar-refractivity contribution in [2.75, 3.05) is 22.5 Å². The van der Waals surface area contributed by atoms with Crippen molar-refractivity contribution in [3.05, 3.63) is 41.4 Å². The number of pyridine rings is 1. The van der Waals surface area contributed by atoms with Crippen LogP contribution in [-0.2, 0) is 4.79 Å². The minimum absolute atomic E-state index is 0.00874. The minimum Gasteiger partial charge on any atom is -0.379 e. The summed E-state index contributed by atoms with van der Waals surface area (Å²) in [6.07, 6.45) is 10.1. The van der Waals surface area contributed by atoms with Gasteiger partial charge in [-0.2, -0.15) is 0 Å². The van der Waals surface area contributed by atoms with E-state index in [-0.39, 0.29) is 40.8 Å². The summed E-state index contributed by atoms with van der Waals surface area (Å²) in [4.78, 5) is 46.1. The van der Waals surface area contributed by atoms with Crippen LogP contribution in [0.3, 0.4) is 0 Å². The molecule has 1 atom stereocenters. The summed E-state index contributed by atoms with van der Waals surface area (Å²) >= 11 is 5.97. The number of carbonyl (C=O) groups is 3. The van der Waals surface area contributed by atoms with Crippen molar-refractivity contribution in [1.82, 2.24) is 35.5 Å². The first-order valence-electron chi connectivity index (χ1n) is 14.1. The van der Waals surface area contributed by atoms with Gasteiger partial charge in [-0.1, -0.05) is 11.6 Å². The van der Waals surface area contributed by atoms with Crippen LogP contribution in [0.5, 0.6) is 0 Å². The second-order valence-corrected chi connectivity index (χ2v) is 11.3. The van der Waals surface area contributed by atoms with Crippen LogP contribution >= 0.6 is 11.6 Å². The van der Waals surface area contributed by atoms with Gasteiger partial charge in [0.1, 0.15) is 11.0 Å². The molecule has 4 heterocycles. The van der Waals surface area contributed by atoms with Crippen molar-refractivity contribution in [3.8, 4) is 0 Å². The Balaban J connectivity index is 1.10. The third-order valence-electron chi connectivity index (χ3n) is 7.65. The molecule has 3 aromatic heterocycles. The number of amides is 4. The van der Waals surface area contributed by atoms with Crippen LogP contribution in [0.4, 0.5) is 22.0 Å². The lowest BCUT2D eigenvalue weighted by molar-refractivity contribution is -0.121. The van der Waals surface area contributed by atoms with Gasteiger partial charge >= 0.3 is 6.03 Å². The van der Waals surface area contributed by atoms with Crippen molar-refractivity contribution < 1.29 is 14.4 Å². The fraction of sp³-hybridized carbons (Fsp3) is 0.481. The van der Waals surface area contributed by atoms with Crippen molar-refractivity contribution in [1.29, 1.82) is 0 Å². The molecule has 3 fully saturated rings. The van der Waals surface area contributed by atoms with Gasteiger partial charge in [-0.3, -0.25) is 14.9 Å². The highest BCUT2D eigenvalue weighted by atomic mass is 35.5. The van der Waals surface area contributed by atoms with Crippen LogP contribution in [0.15, 0.2) is 30.6 Å². The van der Waals surface area contributed by atoms with E-state index in [4.69, 9.17) is 16.7 Å². The first kappa shape index (κ1) is 27.2. The molecule has 14 heteroatoms. The van der Waals surface area contributed by atoms with Crippen LogP contribution in [0.25, 0.3) is 5.65 Å². The largest absolute Gasteiger partial charge is 0.379 e. The maximum atomic E-state index is 13.1. The molecule has 1 saturated heterocycles. The van der Waals surface area contributed by atoms with Crippen LogP contribution in [-0.4, -0.2) is 68.1 Å². The Bertz CT molecular complexity index is 1440. The zero-order valence-electron chi connectivity index (χ0n) is 22.5. The first-order valence-corrected chi connectivity index (χ1v) is 14.5. The summed E-state index contributed by atoms with van der Waals surface area (Å²) in [5.74, 6) is -0.0122. The van der Waals surface area contributed by atoms with E-state index < -0.39 is 6.03 Å². The average Bonchev–Trinajstić information content (AvgIpc) is 3.40. The SMILES string of the molecule is O=C(NC(=O)[C@@H]1CCCN1)N[C@H]1CC[C@H](Nc2cc(NC3CC3)c3ncc(C(=O)Nc4ccnc(Cl)c4)n3n2)CC1. The molecular formula is C27H33ClN10O3. The van der Waals surface area contributed by atoms with Crippen molar-refractivity contribution >= 4 is 52.3 Å². The number of imide groups is 1. The van der Waals surface area contributed by atoms with Crippen LogP contribution in [0, 0.1) is 0 Å². The van der Waals surface area contributed by atoms with E-state index in [0.29, 0.717) is 23.2 Å². The highest BCUT2D eigenvalue weighted by Crippen LogP contribution is 2.30. The fourth-order valence-electron chi connectivity index (χ4n) is 5.34. The highest BCUT2D eigenvalue weighted by molar-refractivity contribution is 6.29. The Morgan fingerprint density at radius 1 is 0.951 bits per heavy atom. The summed E-state index contributed by atoms with van der Waals surface area (Å²) in [7, 11) is 0. The van der Waals surface area contributed by atoms with E-state index in [0.717, 1.165) is 63.6 Å². The summed E-state index contributed by atoms with van der Waals surface area (Å²) < 4.78 is 1.55. The van der Waals surface area contributed by atoms with Gasteiger partial charge in [0.15, 0.2) is 11.3 Å². The normalized spacial score (nSPS) is 22.2. The van der Waals surface area contributed by atoms with Crippen molar-refractivity contribution in [2.45, 2.75) is 75.5 Å². The monoisotopic (exact) mass is 580 g/mol. The summed E-state index contributed by atoms with van der Waals surface area (Å²) in [5, 5.41) is 23.3. The molecule has 0 aromatic carbocycles. The molecule has 4 amide bonds. The maximum absolute atomic E-state index is 13.1. The average molecular weight is 581 g/mol. The number of fused-ring (bicyclic) bond motifs is 1. The Kier molecular flexibility index (Phi) is 7.88. The van der Waals surface area contributed by atoms with Gasteiger partial charge < -0.3 is 26.6 Å². The van der Waals surface area contributed by atoms with Crippen molar-refractivity contribution in [2.24, 2.45) is 0 Å². The number of rotatable bonds is 8. The molecule has 3 aliphatic rings. The van der Waals surface area contributed by atoms with E-state index in [9.17, 15) is 14.4 Å². The zero-order chi connectivity index (χ0) is 28.3. The first-order chi connectivity index (χ1) is 19.9. The van der Waals surface area contributed by atoms with E-state index in [1.54, 1.807) is 16.6 Å². The molecular weight excluding hydrogens is 548 g/mol. The van der Waals surface area contributed by atoms with Gasteiger partial charge in [0.25, 0.3) is 5.91 Å². The molecule has 1 aliphatic heterocycles. The Labute approximate surface area is 241 Å². The van der Waals surface area contributed by atoms with Gasteiger partial charge in [0.2, 0.25) is 5.91 Å². The Morgan fingerprint density at radius 2 is 1.71 bits per heavy atom. The lowest BCUT2D eigenvalue weighted by Crippen LogP contribution is -2.50. The zero-order valence-corrected chi connectivity index (χ0v) is 23.2. The molecule has 13 nitrogen and oxygen atoms in total. The molecule has 2 saturated carbocycles. The van der Waals surface area contributed by atoms with Gasteiger partial charge in [-0.15, -0.1) is 5.10 Å². The fourth-order valence-corrected chi connectivity index (χ4v) is 5.52. The third kappa shape index (κ3) is 6.68. The number of nitrogens with zero attached hydrogens (tertiary/aromatic N) is 4. The molecule has 2 aliphatic carbocycles. The van der Waals surface area contributed by atoms with Gasteiger partial charge in [-0.05, 0) is 70.0 Å². The predicted molar refractivity (Wildman–Crippen MR) is 154 cm³/mol. The van der Waals surface area contributed by atoms with E-state index in [1.165, 1.54) is 12.4 Å². The molecule has 0 spiro atoms. The summed E-state index contributed by atoms with van der Waals surface area (Å²) in [5.41, 5.74) is 2.19. The van der Waals surface area contributed by atoms with E-state index in [2.05, 4.69) is 41.9 Å². The Hall–Kier alpha value is -3.97. The lowest BCUT2D eigenvalue weighted by atomic mass is 9.91. The molecule has 216 valence electrons.